The van der Waals surface area contributed by atoms with Gasteiger partial charge in [0.05, 0.1) is 5.69 Å². The fraction of sp³-hybridized carbons (Fsp3) is 0.250. The van der Waals surface area contributed by atoms with Gasteiger partial charge < -0.3 is 0 Å². The van der Waals surface area contributed by atoms with Crippen LogP contribution in [0, 0.1) is 0 Å². The number of hydrogen-bond donors (Lipinski definition) is 2. The van der Waals surface area contributed by atoms with E-state index in [9.17, 15) is 8.42 Å². The fourth-order valence-electron chi connectivity index (χ4n) is 0.915. The van der Waals surface area contributed by atoms with Crippen molar-refractivity contribution in [1.29, 1.82) is 0 Å². The average Bonchev–Trinajstić information content (AvgIpc) is 2.08. The normalized spacial score (nSPS) is 11.3. The molecule has 0 spiro atoms. The second-order valence-corrected chi connectivity index (χ2v) is 4.94. The van der Waals surface area contributed by atoms with E-state index in [2.05, 4.69) is 25.4 Å². The molecule has 0 aliphatic heterocycles. The van der Waals surface area contributed by atoms with Crippen molar-refractivity contribution in [3.63, 3.8) is 0 Å². The molecule has 78 valence electrons. The summed E-state index contributed by atoms with van der Waals surface area (Å²) in [5.74, 6) is 0. The molecule has 0 saturated carbocycles. The van der Waals surface area contributed by atoms with Gasteiger partial charge in [0.15, 0.2) is 0 Å². The van der Waals surface area contributed by atoms with Crippen LogP contribution in [-0.2, 0) is 10.2 Å². The molecule has 1 rings (SSSR count). The second-order valence-electron chi connectivity index (χ2n) is 2.58. The third-order valence-corrected chi connectivity index (χ3v) is 3.30. The first kappa shape index (κ1) is 11.5. The minimum absolute atomic E-state index is 0.361. The molecule has 1 aromatic carbocycles. The molecule has 0 unspecified atom stereocenters. The third-order valence-electron chi connectivity index (χ3n) is 1.45. The molecular formula is C8H11BrN2O2S. The van der Waals surface area contributed by atoms with Gasteiger partial charge in [-0.25, -0.2) is 0 Å². The van der Waals surface area contributed by atoms with E-state index in [-0.39, 0.29) is 0 Å². The Morgan fingerprint density at radius 2 is 2.00 bits per heavy atom. The zero-order valence-corrected chi connectivity index (χ0v) is 10.0. The Balaban J connectivity index is 2.84. The fourth-order valence-corrected chi connectivity index (χ4v) is 2.35. The summed E-state index contributed by atoms with van der Waals surface area (Å²) in [6.45, 7) is 2.08. The molecule has 6 heteroatoms. The van der Waals surface area contributed by atoms with E-state index in [1.807, 2.05) is 6.07 Å². The summed E-state index contributed by atoms with van der Waals surface area (Å²) < 4.78 is 28.1. The Morgan fingerprint density at radius 1 is 1.36 bits per heavy atom. The van der Waals surface area contributed by atoms with Crippen molar-refractivity contribution in [2.75, 3.05) is 11.3 Å². The van der Waals surface area contributed by atoms with Crippen molar-refractivity contribution >= 4 is 31.8 Å². The number of halogens is 1. The number of hydrogen-bond acceptors (Lipinski definition) is 2. The van der Waals surface area contributed by atoms with E-state index in [1.54, 1.807) is 25.1 Å². The molecule has 0 aliphatic rings. The van der Waals surface area contributed by atoms with E-state index in [1.165, 1.54) is 0 Å². The topological polar surface area (TPSA) is 58.2 Å². The van der Waals surface area contributed by atoms with Crippen LogP contribution in [0.15, 0.2) is 28.7 Å². The second kappa shape index (κ2) is 4.77. The minimum Gasteiger partial charge on any atom is -0.270 e. The maximum Gasteiger partial charge on any atom is 0.299 e. The largest absolute Gasteiger partial charge is 0.299 e. The van der Waals surface area contributed by atoms with Crippen molar-refractivity contribution in [2.45, 2.75) is 6.92 Å². The highest BCUT2D eigenvalue weighted by Crippen LogP contribution is 2.21. The molecule has 0 amide bonds. The van der Waals surface area contributed by atoms with Crippen LogP contribution in [0.4, 0.5) is 5.69 Å². The van der Waals surface area contributed by atoms with Gasteiger partial charge in [-0.2, -0.15) is 13.1 Å². The van der Waals surface area contributed by atoms with E-state index >= 15 is 0 Å². The monoisotopic (exact) mass is 278 g/mol. The molecule has 0 bridgehead atoms. The Morgan fingerprint density at radius 3 is 2.57 bits per heavy atom. The first-order chi connectivity index (χ1) is 6.55. The Labute approximate surface area is 92.0 Å². The zero-order chi connectivity index (χ0) is 10.6. The molecule has 2 N–H and O–H groups in total. The lowest BCUT2D eigenvalue weighted by Crippen LogP contribution is -2.29. The van der Waals surface area contributed by atoms with Crippen LogP contribution in [0.2, 0.25) is 0 Å². The maximum atomic E-state index is 11.3. The van der Waals surface area contributed by atoms with Gasteiger partial charge in [0.1, 0.15) is 0 Å². The number of nitrogens with one attached hydrogen (secondary N) is 2. The molecule has 14 heavy (non-hydrogen) atoms. The molecule has 0 atom stereocenters. The molecule has 4 nitrogen and oxygen atoms in total. The van der Waals surface area contributed by atoms with Crippen LogP contribution in [0.5, 0.6) is 0 Å². The van der Waals surface area contributed by atoms with Crippen molar-refractivity contribution in [1.82, 2.24) is 4.72 Å². The molecule has 0 aromatic heterocycles. The van der Waals surface area contributed by atoms with Crippen LogP contribution in [0.25, 0.3) is 0 Å². The summed E-state index contributed by atoms with van der Waals surface area (Å²) in [6, 6.07) is 7.02. The lowest BCUT2D eigenvalue weighted by Gasteiger charge is -2.08. The number of benzene rings is 1. The minimum atomic E-state index is -3.44. The number of rotatable bonds is 4. The van der Waals surface area contributed by atoms with Gasteiger partial charge in [0.25, 0.3) is 10.2 Å². The van der Waals surface area contributed by atoms with Crippen molar-refractivity contribution in [3.05, 3.63) is 28.7 Å². The Hall–Kier alpha value is -0.590. The highest BCUT2D eigenvalue weighted by atomic mass is 79.9. The van der Waals surface area contributed by atoms with Gasteiger partial charge in [0.2, 0.25) is 0 Å². The molecule has 0 radical (unpaired) electrons. The standard InChI is InChI=1S/C8H11BrN2O2S/c1-2-10-14(12,13)11-8-6-4-3-5-7(8)9/h3-6,10-11H,2H2,1H3. The summed E-state index contributed by atoms with van der Waals surface area (Å²) in [5, 5.41) is 0. The summed E-state index contributed by atoms with van der Waals surface area (Å²) in [4.78, 5) is 0. The quantitative estimate of drug-likeness (QED) is 0.881. The predicted molar refractivity (Wildman–Crippen MR) is 60.4 cm³/mol. The van der Waals surface area contributed by atoms with Gasteiger partial charge in [0, 0.05) is 11.0 Å². The third kappa shape index (κ3) is 3.28. The molecule has 0 heterocycles. The molecule has 1 aromatic rings. The van der Waals surface area contributed by atoms with E-state index in [4.69, 9.17) is 0 Å². The van der Waals surface area contributed by atoms with Crippen LogP contribution >= 0.6 is 15.9 Å². The van der Waals surface area contributed by atoms with Gasteiger partial charge in [-0.05, 0) is 28.1 Å². The zero-order valence-electron chi connectivity index (χ0n) is 7.62. The summed E-state index contributed by atoms with van der Waals surface area (Å²) in [7, 11) is -3.44. The van der Waals surface area contributed by atoms with Gasteiger partial charge in [-0.15, -0.1) is 0 Å². The van der Waals surface area contributed by atoms with Crippen molar-refractivity contribution < 1.29 is 8.42 Å². The van der Waals surface area contributed by atoms with Gasteiger partial charge in [-0.3, -0.25) is 4.72 Å². The Kier molecular flexibility index (Phi) is 3.91. The maximum absolute atomic E-state index is 11.3. The first-order valence-corrected chi connectivity index (χ1v) is 6.34. The van der Waals surface area contributed by atoms with Crippen LogP contribution in [-0.4, -0.2) is 15.0 Å². The molecule has 0 aliphatic carbocycles. The lowest BCUT2D eigenvalue weighted by atomic mass is 10.3. The molecular weight excluding hydrogens is 268 g/mol. The van der Waals surface area contributed by atoms with Crippen LogP contribution < -0.4 is 9.44 Å². The van der Waals surface area contributed by atoms with Crippen molar-refractivity contribution in [3.8, 4) is 0 Å². The smallest absolute Gasteiger partial charge is 0.270 e. The van der Waals surface area contributed by atoms with Crippen molar-refractivity contribution in [2.24, 2.45) is 0 Å². The van der Waals surface area contributed by atoms with E-state index in [0.29, 0.717) is 16.7 Å². The first-order valence-electron chi connectivity index (χ1n) is 4.07. The summed E-state index contributed by atoms with van der Waals surface area (Å²) >= 11 is 3.25. The van der Waals surface area contributed by atoms with E-state index < -0.39 is 10.2 Å². The highest BCUT2D eigenvalue weighted by Gasteiger charge is 2.08. The van der Waals surface area contributed by atoms with Crippen LogP contribution in [0.3, 0.4) is 0 Å². The SMILES string of the molecule is CCNS(=O)(=O)Nc1ccccc1Br. The highest BCUT2D eigenvalue weighted by molar-refractivity contribution is 9.10. The number of para-hydroxylation sites is 1. The van der Waals surface area contributed by atoms with Gasteiger partial charge >= 0.3 is 0 Å². The summed E-state index contributed by atoms with van der Waals surface area (Å²) in [5.41, 5.74) is 0.522. The number of anilines is 1. The molecule has 0 saturated heterocycles. The predicted octanol–water partition coefficient (Wildman–Crippen LogP) is 1.72. The average molecular weight is 279 g/mol. The van der Waals surface area contributed by atoms with Crippen LogP contribution in [0.1, 0.15) is 6.92 Å². The summed E-state index contributed by atoms with van der Waals surface area (Å²) in [6.07, 6.45) is 0. The molecule has 0 fully saturated rings. The van der Waals surface area contributed by atoms with E-state index in [0.717, 1.165) is 0 Å². The Bertz CT molecular complexity index is 406. The van der Waals surface area contributed by atoms with Gasteiger partial charge in [-0.1, -0.05) is 19.1 Å². The lowest BCUT2D eigenvalue weighted by molar-refractivity contribution is 0.589.